The van der Waals surface area contributed by atoms with E-state index in [1.165, 1.54) is 0 Å². The number of benzene rings is 3. The predicted molar refractivity (Wildman–Crippen MR) is 102 cm³/mol. The van der Waals surface area contributed by atoms with Crippen molar-refractivity contribution in [1.29, 1.82) is 5.41 Å². The average molecular weight is 349 g/mol. The molecule has 0 fully saturated rings. The van der Waals surface area contributed by atoms with Crippen molar-refractivity contribution >= 4 is 28.3 Å². The number of amidine groups is 1. The van der Waals surface area contributed by atoms with Gasteiger partial charge in [-0.2, -0.15) is 0 Å². The zero-order valence-corrected chi connectivity index (χ0v) is 14.2. The van der Waals surface area contributed by atoms with Crippen molar-refractivity contribution in [3.05, 3.63) is 71.8 Å². The summed E-state index contributed by atoms with van der Waals surface area (Å²) >= 11 is 0. The molecule has 0 aromatic heterocycles. The third kappa shape index (κ3) is 3.59. The third-order valence-electron chi connectivity index (χ3n) is 4.16. The van der Waals surface area contributed by atoms with Gasteiger partial charge in [-0.25, -0.2) is 4.79 Å². The van der Waals surface area contributed by atoms with E-state index in [1.807, 2.05) is 30.3 Å². The highest BCUT2D eigenvalue weighted by atomic mass is 16.5. The number of hydrogen-bond donors (Lipinski definition) is 4. The Balaban J connectivity index is 1.91. The first kappa shape index (κ1) is 17.3. The van der Waals surface area contributed by atoms with E-state index in [1.54, 1.807) is 37.4 Å². The summed E-state index contributed by atoms with van der Waals surface area (Å²) in [6.07, 6.45) is 0. The van der Waals surface area contributed by atoms with Crippen LogP contribution in [0.2, 0.25) is 0 Å². The van der Waals surface area contributed by atoms with Gasteiger partial charge >= 0.3 is 5.97 Å². The number of ether oxygens (including phenoxy) is 1. The maximum Gasteiger partial charge on any atom is 0.330 e. The molecule has 0 aliphatic carbocycles. The van der Waals surface area contributed by atoms with Gasteiger partial charge in [0.25, 0.3) is 0 Å². The molecule has 0 aliphatic rings. The van der Waals surface area contributed by atoms with Gasteiger partial charge in [-0.1, -0.05) is 18.2 Å². The van der Waals surface area contributed by atoms with Gasteiger partial charge in [0.15, 0.2) is 6.04 Å². The van der Waals surface area contributed by atoms with Gasteiger partial charge in [-0.05, 0) is 58.8 Å². The van der Waals surface area contributed by atoms with Gasteiger partial charge in [0, 0.05) is 11.3 Å². The number of rotatable bonds is 6. The number of carbonyl (C=O) groups is 1. The lowest BCUT2D eigenvalue weighted by Crippen LogP contribution is -2.20. The normalized spacial score (nSPS) is 11.7. The Morgan fingerprint density at radius 1 is 1.08 bits per heavy atom. The van der Waals surface area contributed by atoms with E-state index in [-0.39, 0.29) is 5.84 Å². The molecular weight excluding hydrogens is 330 g/mol. The first-order valence-electron chi connectivity index (χ1n) is 7.99. The third-order valence-corrected chi connectivity index (χ3v) is 4.16. The lowest BCUT2D eigenvalue weighted by molar-refractivity contribution is -0.138. The van der Waals surface area contributed by atoms with Crippen LogP contribution in [0.25, 0.3) is 10.8 Å². The maximum absolute atomic E-state index is 11.8. The highest BCUT2D eigenvalue weighted by molar-refractivity contribution is 5.95. The number of nitrogens with two attached hydrogens (primary N) is 1. The molecule has 5 N–H and O–H groups in total. The number of methoxy groups -OCH3 is 1. The summed E-state index contributed by atoms with van der Waals surface area (Å²) in [5.74, 6) is -0.256. The van der Waals surface area contributed by atoms with Crippen molar-refractivity contribution in [3.63, 3.8) is 0 Å². The minimum Gasteiger partial charge on any atom is -0.497 e. The molecule has 26 heavy (non-hydrogen) atoms. The second kappa shape index (κ2) is 7.14. The molecule has 0 saturated heterocycles. The van der Waals surface area contributed by atoms with Gasteiger partial charge in [-0.15, -0.1) is 0 Å². The lowest BCUT2D eigenvalue weighted by Gasteiger charge is -2.17. The number of carboxylic acid groups (broad SMARTS) is 1. The Morgan fingerprint density at radius 3 is 2.35 bits per heavy atom. The Hall–Kier alpha value is -3.54. The van der Waals surface area contributed by atoms with E-state index in [9.17, 15) is 9.90 Å². The number of nitrogens with one attached hydrogen (secondary N) is 2. The van der Waals surface area contributed by atoms with Crippen LogP contribution in [0, 0.1) is 5.41 Å². The molecule has 1 atom stereocenters. The Bertz CT molecular complexity index is 968. The van der Waals surface area contributed by atoms with Gasteiger partial charge in [-0.3, -0.25) is 5.41 Å². The highest BCUT2D eigenvalue weighted by Crippen LogP contribution is 2.26. The lowest BCUT2D eigenvalue weighted by atomic mass is 10.0. The first-order valence-corrected chi connectivity index (χ1v) is 7.99. The zero-order valence-electron chi connectivity index (χ0n) is 14.2. The Morgan fingerprint density at radius 2 is 1.73 bits per heavy atom. The number of hydrogen-bond acceptors (Lipinski definition) is 4. The SMILES string of the molecule is COc1ccc2cc(C(Nc3ccc(C(=N)N)cc3)C(=O)O)ccc2c1. The highest BCUT2D eigenvalue weighted by Gasteiger charge is 2.20. The summed E-state index contributed by atoms with van der Waals surface area (Å²) in [5.41, 5.74) is 7.30. The summed E-state index contributed by atoms with van der Waals surface area (Å²) in [4.78, 5) is 11.8. The van der Waals surface area contributed by atoms with E-state index < -0.39 is 12.0 Å². The van der Waals surface area contributed by atoms with E-state index in [0.717, 1.165) is 16.5 Å². The van der Waals surface area contributed by atoms with E-state index in [0.29, 0.717) is 16.8 Å². The van der Waals surface area contributed by atoms with Crippen molar-refractivity contribution in [2.45, 2.75) is 6.04 Å². The van der Waals surface area contributed by atoms with E-state index in [4.69, 9.17) is 15.9 Å². The summed E-state index contributed by atoms with van der Waals surface area (Å²) < 4.78 is 5.21. The molecule has 3 aromatic carbocycles. The van der Waals surface area contributed by atoms with Gasteiger partial charge in [0.2, 0.25) is 0 Å². The second-order valence-corrected chi connectivity index (χ2v) is 5.88. The smallest absolute Gasteiger partial charge is 0.330 e. The van der Waals surface area contributed by atoms with Crippen LogP contribution in [0.3, 0.4) is 0 Å². The molecule has 1 unspecified atom stereocenters. The van der Waals surface area contributed by atoms with Crippen molar-refractivity contribution in [1.82, 2.24) is 0 Å². The topological polar surface area (TPSA) is 108 Å². The zero-order chi connectivity index (χ0) is 18.7. The molecule has 0 spiro atoms. The number of anilines is 1. The van der Waals surface area contributed by atoms with Crippen LogP contribution < -0.4 is 15.8 Å². The fourth-order valence-corrected chi connectivity index (χ4v) is 2.75. The van der Waals surface area contributed by atoms with Crippen molar-refractivity contribution in [2.24, 2.45) is 5.73 Å². The van der Waals surface area contributed by atoms with Crippen LogP contribution in [0.15, 0.2) is 60.7 Å². The van der Waals surface area contributed by atoms with Gasteiger partial charge in [0.1, 0.15) is 11.6 Å². The maximum atomic E-state index is 11.8. The van der Waals surface area contributed by atoms with Crippen molar-refractivity contribution in [2.75, 3.05) is 12.4 Å². The first-order chi connectivity index (χ1) is 12.5. The van der Waals surface area contributed by atoms with Crippen molar-refractivity contribution < 1.29 is 14.6 Å². The molecule has 0 radical (unpaired) electrons. The van der Waals surface area contributed by atoms with Crippen LogP contribution >= 0.6 is 0 Å². The van der Waals surface area contributed by atoms with E-state index >= 15 is 0 Å². The minimum absolute atomic E-state index is 0.0312. The average Bonchev–Trinajstić information content (AvgIpc) is 2.65. The van der Waals surface area contributed by atoms with Gasteiger partial charge < -0.3 is 20.9 Å². The number of fused-ring (bicyclic) bond motifs is 1. The fourth-order valence-electron chi connectivity index (χ4n) is 2.75. The summed E-state index contributed by atoms with van der Waals surface area (Å²) in [7, 11) is 1.61. The molecule has 0 aliphatic heterocycles. The summed E-state index contributed by atoms with van der Waals surface area (Å²) in [6, 6.07) is 17.0. The quantitative estimate of drug-likeness (QED) is 0.403. The Labute approximate surface area is 150 Å². The van der Waals surface area contributed by atoms with Crippen molar-refractivity contribution in [3.8, 4) is 5.75 Å². The summed E-state index contributed by atoms with van der Waals surface area (Å²) in [6.45, 7) is 0. The molecule has 6 heteroatoms. The van der Waals surface area contributed by atoms with Crippen LogP contribution in [-0.4, -0.2) is 24.0 Å². The van der Waals surface area contributed by atoms with Crippen LogP contribution in [0.5, 0.6) is 5.75 Å². The predicted octanol–water partition coefficient (Wildman–Crippen LogP) is 3.37. The van der Waals surface area contributed by atoms with Gasteiger partial charge in [0.05, 0.1) is 7.11 Å². The Kier molecular flexibility index (Phi) is 4.75. The molecule has 0 heterocycles. The molecule has 0 bridgehead atoms. The largest absolute Gasteiger partial charge is 0.497 e. The molecule has 6 nitrogen and oxygen atoms in total. The molecule has 0 amide bonds. The minimum atomic E-state index is -0.978. The number of nitrogen functional groups attached to an aromatic ring is 1. The number of carboxylic acids is 1. The second-order valence-electron chi connectivity index (χ2n) is 5.88. The van der Waals surface area contributed by atoms with Crippen LogP contribution in [0.1, 0.15) is 17.2 Å². The van der Waals surface area contributed by atoms with Crippen LogP contribution in [-0.2, 0) is 4.79 Å². The van der Waals surface area contributed by atoms with E-state index in [2.05, 4.69) is 5.32 Å². The molecule has 0 saturated carbocycles. The monoisotopic (exact) mass is 349 g/mol. The standard InChI is InChI=1S/C20H19N3O3/c1-26-17-9-6-13-10-15(3-2-14(13)11-17)18(20(24)25)23-16-7-4-12(5-8-16)19(21)22/h2-11,18,23H,1H3,(H3,21,22)(H,24,25). The number of aliphatic carboxylic acids is 1. The molecule has 132 valence electrons. The molecular formula is C20H19N3O3. The van der Waals surface area contributed by atoms with Crippen LogP contribution in [0.4, 0.5) is 5.69 Å². The summed E-state index contributed by atoms with van der Waals surface area (Å²) in [5, 5.41) is 22.0. The molecule has 3 aromatic rings. The fraction of sp³-hybridized carbons (Fsp3) is 0.100. The molecule has 3 rings (SSSR count).